The van der Waals surface area contributed by atoms with Crippen LogP contribution in [0.3, 0.4) is 0 Å². The number of H-pyrrole nitrogens is 1. The van der Waals surface area contributed by atoms with E-state index in [0.29, 0.717) is 23.1 Å². The number of hydrogen-bond acceptors (Lipinski definition) is 5. The average Bonchev–Trinajstić information content (AvgIpc) is 3.38. The van der Waals surface area contributed by atoms with Gasteiger partial charge in [0.25, 0.3) is 0 Å². The van der Waals surface area contributed by atoms with Crippen LogP contribution in [0.5, 0.6) is 5.88 Å². The first kappa shape index (κ1) is 22.3. The molecule has 7 nitrogen and oxygen atoms in total. The van der Waals surface area contributed by atoms with E-state index in [-0.39, 0.29) is 12.4 Å². The Balaban J connectivity index is 1.18. The van der Waals surface area contributed by atoms with Crippen LogP contribution in [-0.2, 0) is 20.2 Å². The van der Waals surface area contributed by atoms with Gasteiger partial charge in [-0.2, -0.15) is 0 Å². The Hall–Kier alpha value is -3.52. The van der Waals surface area contributed by atoms with E-state index in [1.54, 1.807) is 12.1 Å². The molecule has 5 rings (SSSR count). The predicted molar refractivity (Wildman–Crippen MR) is 127 cm³/mol. The first-order valence-corrected chi connectivity index (χ1v) is 11.6. The minimum atomic E-state index is -0.252. The second-order valence-corrected chi connectivity index (χ2v) is 9.00. The van der Waals surface area contributed by atoms with Crippen LogP contribution in [0.1, 0.15) is 51.9 Å². The number of imidazole rings is 1. The normalized spacial score (nSPS) is 15.1. The molecule has 176 valence electrons. The number of aromatic amines is 1. The van der Waals surface area contributed by atoms with Crippen molar-refractivity contribution in [3.63, 3.8) is 0 Å². The molecule has 0 aliphatic carbocycles. The quantitative estimate of drug-likeness (QED) is 0.410. The van der Waals surface area contributed by atoms with Crippen molar-refractivity contribution in [1.29, 1.82) is 0 Å². The number of benzene rings is 1. The molecule has 0 spiro atoms. The number of likely N-dealkylation sites (tertiary alicyclic amines) is 1. The molecule has 0 radical (unpaired) electrons. The third kappa shape index (κ3) is 4.59. The smallest absolute Gasteiger partial charge is 0.213 e. The fourth-order valence-electron chi connectivity index (χ4n) is 4.59. The molecule has 1 aliphatic rings. The molecule has 1 aliphatic heterocycles. The summed E-state index contributed by atoms with van der Waals surface area (Å²) < 4.78 is 21.9. The number of aldehydes is 1. The molecule has 0 amide bonds. The van der Waals surface area contributed by atoms with Crippen molar-refractivity contribution in [2.24, 2.45) is 7.05 Å². The molecule has 3 aromatic heterocycles. The van der Waals surface area contributed by atoms with Gasteiger partial charge in [0, 0.05) is 30.3 Å². The molecule has 1 aromatic carbocycles. The number of pyridine rings is 1. The Labute approximate surface area is 197 Å². The summed E-state index contributed by atoms with van der Waals surface area (Å²) in [6.07, 6.45) is 2.81. The van der Waals surface area contributed by atoms with Gasteiger partial charge in [-0.3, -0.25) is 9.69 Å². The monoisotopic (exact) mass is 461 g/mol. The molecule has 4 aromatic rings. The van der Waals surface area contributed by atoms with E-state index in [2.05, 4.69) is 9.88 Å². The lowest BCUT2D eigenvalue weighted by Crippen LogP contribution is -2.33. The Morgan fingerprint density at radius 1 is 1.18 bits per heavy atom. The number of carbonyl (C=O) groups excluding carboxylic acids is 1. The van der Waals surface area contributed by atoms with Crippen molar-refractivity contribution < 1.29 is 13.9 Å². The molecule has 1 saturated heterocycles. The lowest BCUT2D eigenvalue weighted by Gasteiger charge is -2.31. The topological polar surface area (TPSA) is 76.0 Å². The standard InChI is InChI=1S/C26H28FN5O2/c1-17-6-7-19(21(27)12-17)16-34-25-5-3-4-22(30-25)18-8-10-32(11-9-18)14-24-29-23-13-20(15-33)28-26(23)31(24)2/h3-7,12-13,15,18,28H,8-11,14,16H2,1-2H3. The van der Waals surface area contributed by atoms with Crippen molar-refractivity contribution in [2.75, 3.05) is 13.1 Å². The van der Waals surface area contributed by atoms with Crippen molar-refractivity contribution >= 4 is 17.5 Å². The summed E-state index contributed by atoms with van der Waals surface area (Å²) >= 11 is 0. The Bertz CT molecular complexity index is 1320. The summed E-state index contributed by atoms with van der Waals surface area (Å²) in [4.78, 5) is 25.9. The van der Waals surface area contributed by atoms with Crippen LogP contribution >= 0.6 is 0 Å². The maximum Gasteiger partial charge on any atom is 0.213 e. The van der Waals surface area contributed by atoms with Crippen molar-refractivity contribution in [1.82, 2.24) is 24.4 Å². The first-order valence-electron chi connectivity index (χ1n) is 11.6. The van der Waals surface area contributed by atoms with Gasteiger partial charge in [-0.15, -0.1) is 0 Å². The van der Waals surface area contributed by atoms with E-state index in [4.69, 9.17) is 14.7 Å². The predicted octanol–water partition coefficient (Wildman–Crippen LogP) is 4.52. The van der Waals surface area contributed by atoms with Crippen LogP contribution in [-0.4, -0.2) is 43.8 Å². The second kappa shape index (κ2) is 9.38. The van der Waals surface area contributed by atoms with Gasteiger partial charge in [-0.25, -0.2) is 14.4 Å². The highest BCUT2D eigenvalue weighted by Crippen LogP contribution is 2.29. The molecular formula is C26H28FN5O2. The summed E-state index contributed by atoms with van der Waals surface area (Å²) in [6, 6.07) is 12.8. The van der Waals surface area contributed by atoms with E-state index in [1.807, 2.05) is 42.8 Å². The number of aromatic nitrogens is 4. The number of nitrogens with one attached hydrogen (secondary N) is 1. The highest BCUT2D eigenvalue weighted by Gasteiger charge is 2.23. The van der Waals surface area contributed by atoms with E-state index in [9.17, 15) is 9.18 Å². The van der Waals surface area contributed by atoms with Crippen LogP contribution < -0.4 is 4.74 Å². The number of fused-ring (bicyclic) bond motifs is 1. The Morgan fingerprint density at radius 3 is 2.74 bits per heavy atom. The van der Waals surface area contributed by atoms with Gasteiger partial charge in [0.05, 0.1) is 12.2 Å². The van der Waals surface area contributed by atoms with Gasteiger partial charge in [-0.1, -0.05) is 18.2 Å². The van der Waals surface area contributed by atoms with Crippen molar-refractivity contribution in [3.05, 3.63) is 76.6 Å². The number of nitrogens with zero attached hydrogens (tertiary/aromatic N) is 4. The summed E-state index contributed by atoms with van der Waals surface area (Å²) in [5.74, 6) is 1.62. The van der Waals surface area contributed by atoms with Crippen LogP contribution in [0.2, 0.25) is 0 Å². The zero-order valence-corrected chi connectivity index (χ0v) is 19.4. The van der Waals surface area contributed by atoms with E-state index >= 15 is 0 Å². The highest BCUT2D eigenvalue weighted by atomic mass is 19.1. The Morgan fingerprint density at radius 2 is 2.00 bits per heavy atom. The zero-order valence-electron chi connectivity index (χ0n) is 19.4. The SMILES string of the molecule is Cc1ccc(COc2cccc(C3CCN(Cc4nc5cc(C=O)[nH]c5n4C)CC3)n2)c(F)c1. The minimum absolute atomic E-state index is 0.160. The molecule has 8 heteroatoms. The minimum Gasteiger partial charge on any atom is -0.473 e. The van der Waals surface area contributed by atoms with Crippen molar-refractivity contribution in [3.8, 4) is 5.88 Å². The van der Waals surface area contributed by atoms with Gasteiger partial charge in [0.2, 0.25) is 5.88 Å². The van der Waals surface area contributed by atoms with Crippen LogP contribution in [0.25, 0.3) is 11.2 Å². The molecular weight excluding hydrogens is 433 g/mol. The maximum atomic E-state index is 14.1. The summed E-state index contributed by atoms with van der Waals surface area (Å²) in [7, 11) is 1.97. The molecule has 0 unspecified atom stereocenters. The fraction of sp³-hybridized carbons (Fsp3) is 0.346. The summed E-state index contributed by atoms with van der Waals surface area (Å²) in [6.45, 7) is 4.69. The number of piperidine rings is 1. The lowest BCUT2D eigenvalue weighted by atomic mass is 9.93. The average molecular weight is 462 g/mol. The van der Waals surface area contributed by atoms with Crippen LogP contribution in [0.4, 0.5) is 4.39 Å². The van der Waals surface area contributed by atoms with Gasteiger partial charge >= 0.3 is 0 Å². The number of rotatable bonds is 7. The van der Waals surface area contributed by atoms with Gasteiger partial charge in [-0.05, 0) is 56.6 Å². The first-order chi connectivity index (χ1) is 16.5. The number of hydrogen-bond donors (Lipinski definition) is 1. The second-order valence-electron chi connectivity index (χ2n) is 9.00. The molecule has 1 N–H and O–H groups in total. The van der Waals surface area contributed by atoms with E-state index in [0.717, 1.165) is 67.0 Å². The molecule has 0 saturated carbocycles. The van der Waals surface area contributed by atoms with Crippen LogP contribution in [0, 0.1) is 12.7 Å². The van der Waals surface area contributed by atoms with Gasteiger partial charge in [0.15, 0.2) is 6.29 Å². The largest absolute Gasteiger partial charge is 0.473 e. The number of ether oxygens (including phenoxy) is 1. The van der Waals surface area contributed by atoms with Gasteiger partial charge < -0.3 is 14.3 Å². The van der Waals surface area contributed by atoms with E-state index in [1.165, 1.54) is 6.07 Å². The number of halogens is 1. The third-order valence-electron chi connectivity index (χ3n) is 6.60. The number of aryl methyl sites for hydroxylation is 2. The number of carbonyl (C=O) groups is 1. The third-order valence-corrected chi connectivity index (χ3v) is 6.60. The molecule has 0 atom stereocenters. The maximum absolute atomic E-state index is 14.1. The fourth-order valence-corrected chi connectivity index (χ4v) is 4.59. The highest BCUT2D eigenvalue weighted by molar-refractivity contribution is 5.84. The molecule has 0 bridgehead atoms. The zero-order chi connectivity index (χ0) is 23.7. The summed E-state index contributed by atoms with van der Waals surface area (Å²) in [5.41, 5.74) is 4.68. The molecule has 34 heavy (non-hydrogen) atoms. The van der Waals surface area contributed by atoms with Crippen molar-refractivity contribution in [2.45, 2.75) is 38.8 Å². The van der Waals surface area contributed by atoms with Crippen LogP contribution in [0.15, 0.2) is 42.5 Å². The molecule has 4 heterocycles. The Kier molecular flexibility index (Phi) is 6.15. The van der Waals surface area contributed by atoms with Gasteiger partial charge in [0.1, 0.15) is 29.4 Å². The molecule has 1 fully saturated rings. The lowest BCUT2D eigenvalue weighted by molar-refractivity contribution is 0.111. The summed E-state index contributed by atoms with van der Waals surface area (Å²) in [5, 5.41) is 0. The van der Waals surface area contributed by atoms with E-state index < -0.39 is 0 Å².